The highest BCUT2D eigenvalue weighted by Crippen LogP contribution is 2.21. The molecule has 1 heterocycles. The molecule has 14 heavy (non-hydrogen) atoms. The van der Waals surface area contributed by atoms with Gasteiger partial charge in [-0.25, -0.2) is 4.79 Å². The van der Waals surface area contributed by atoms with Gasteiger partial charge in [0.1, 0.15) is 6.61 Å². The zero-order valence-electron chi connectivity index (χ0n) is 7.25. The lowest BCUT2D eigenvalue weighted by Gasteiger charge is -2.38. The second kappa shape index (κ2) is 4.14. The number of likely N-dealkylation sites (tertiary alicyclic amines) is 1. The largest absolute Gasteiger partial charge is 0.480 e. The molecule has 0 saturated carbocycles. The van der Waals surface area contributed by atoms with Crippen molar-refractivity contribution in [2.24, 2.45) is 0 Å². The van der Waals surface area contributed by atoms with E-state index in [4.69, 9.17) is 9.84 Å². The van der Waals surface area contributed by atoms with Crippen LogP contribution in [0.15, 0.2) is 0 Å². The summed E-state index contributed by atoms with van der Waals surface area (Å²) in [4.78, 5) is 11.2. The van der Waals surface area contributed by atoms with Crippen molar-refractivity contribution >= 4 is 5.97 Å². The molecule has 1 saturated heterocycles. The average Bonchev–Trinajstić information content (AvgIpc) is 1.90. The molecule has 1 fully saturated rings. The zero-order valence-corrected chi connectivity index (χ0v) is 7.25. The highest BCUT2D eigenvalue weighted by Gasteiger charge is 2.37. The summed E-state index contributed by atoms with van der Waals surface area (Å²) in [7, 11) is 0. The van der Waals surface area contributed by atoms with Gasteiger partial charge in [-0.1, -0.05) is 0 Å². The SMILES string of the molecule is O=C(O)COC1CN(CC(F)(F)F)C1. The van der Waals surface area contributed by atoms with Gasteiger partial charge in [-0.05, 0) is 0 Å². The maximum absolute atomic E-state index is 11.8. The molecule has 0 unspecified atom stereocenters. The minimum absolute atomic E-state index is 0.146. The summed E-state index contributed by atoms with van der Waals surface area (Å²) in [6.07, 6.45) is -4.58. The molecule has 0 radical (unpaired) electrons. The highest BCUT2D eigenvalue weighted by molar-refractivity contribution is 5.68. The first-order chi connectivity index (χ1) is 6.37. The summed E-state index contributed by atoms with van der Waals surface area (Å²) in [5.41, 5.74) is 0. The lowest BCUT2D eigenvalue weighted by Crippen LogP contribution is -2.55. The second-order valence-electron chi connectivity index (χ2n) is 3.14. The Morgan fingerprint density at radius 2 is 2.07 bits per heavy atom. The fourth-order valence-corrected chi connectivity index (χ4v) is 1.20. The molecule has 82 valence electrons. The van der Waals surface area contributed by atoms with Gasteiger partial charge in [0, 0.05) is 13.1 Å². The first kappa shape index (κ1) is 11.3. The third kappa shape index (κ3) is 3.93. The molecule has 1 aliphatic heterocycles. The number of hydrogen-bond acceptors (Lipinski definition) is 3. The molecule has 0 bridgehead atoms. The van der Waals surface area contributed by atoms with Crippen LogP contribution >= 0.6 is 0 Å². The molecule has 1 aliphatic rings. The van der Waals surface area contributed by atoms with Crippen LogP contribution in [0.25, 0.3) is 0 Å². The molecule has 0 atom stereocenters. The van der Waals surface area contributed by atoms with Crippen LogP contribution in [0.1, 0.15) is 0 Å². The lowest BCUT2D eigenvalue weighted by atomic mass is 10.1. The van der Waals surface area contributed by atoms with Crippen LogP contribution in [-0.2, 0) is 9.53 Å². The van der Waals surface area contributed by atoms with Crippen LogP contribution in [0.5, 0.6) is 0 Å². The summed E-state index contributed by atoms with van der Waals surface area (Å²) in [5, 5.41) is 8.22. The number of nitrogens with zero attached hydrogens (tertiary/aromatic N) is 1. The summed E-state index contributed by atoms with van der Waals surface area (Å²) in [6, 6.07) is 0. The quantitative estimate of drug-likeness (QED) is 0.731. The Morgan fingerprint density at radius 3 is 2.50 bits per heavy atom. The number of carbonyl (C=O) groups is 1. The van der Waals surface area contributed by atoms with E-state index in [1.165, 1.54) is 0 Å². The van der Waals surface area contributed by atoms with Crippen LogP contribution in [-0.4, -0.2) is 54.5 Å². The third-order valence-corrected chi connectivity index (χ3v) is 1.77. The molecule has 0 aliphatic carbocycles. The smallest absolute Gasteiger partial charge is 0.401 e. The number of aliphatic carboxylic acids is 1. The summed E-state index contributed by atoms with van der Waals surface area (Å²) in [5.74, 6) is -1.11. The Labute approximate surface area is 78.2 Å². The fourth-order valence-electron chi connectivity index (χ4n) is 1.20. The van der Waals surface area contributed by atoms with Crippen molar-refractivity contribution in [3.63, 3.8) is 0 Å². The van der Waals surface area contributed by atoms with Crippen molar-refractivity contribution in [3.8, 4) is 0 Å². The number of rotatable bonds is 4. The van der Waals surface area contributed by atoms with Gasteiger partial charge in [0.2, 0.25) is 0 Å². The van der Waals surface area contributed by atoms with Gasteiger partial charge in [-0.3, -0.25) is 4.90 Å². The van der Waals surface area contributed by atoms with E-state index in [1.54, 1.807) is 0 Å². The number of halogens is 3. The van der Waals surface area contributed by atoms with Crippen molar-refractivity contribution < 1.29 is 27.8 Å². The molecular weight excluding hydrogens is 203 g/mol. The van der Waals surface area contributed by atoms with Gasteiger partial charge in [0.05, 0.1) is 12.6 Å². The van der Waals surface area contributed by atoms with Crippen LogP contribution in [0.2, 0.25) is 0 Å². The van der Waals surface area contributed by atoms with Gasteiger partial charge < -0.3 is 9.84 Å². The van der Waals surface area contributed by atoms with Crippen molar-refractivity contribution in [2.45, 2.75) is 12.3 Å². The molecule has 1 N–H and O–H groups in total. The first-order valence-corrected chi connectivity index (χ1v) is 3.99. The summed E-state index contributed by atoms with van der Waals surface area (Å²) < 4.78 is 40.2. The number of carboxylic acids is 1. The Balaban J connectivity index is 2.09. The maximum atomic E-state index is 11.8. The Bertz CT molecular complexity index is 213. The molecule has 7 heteroatoms. The van der Waals surface area contributed by atoms with E-state index in [0.717, 1.165) is 4.90 Å². The Kier molecular flexibility index (Phi) is 3.33. The third-order valence-electron chi connectivity index (χ3n) is 1.77. The second-order valence-corrected chi connectivity index (χ2v) is 3.14. The highest BCUT2D eigenvalue weighted by atomic mass is 19.4. The molecule has 4 nitrogen and oxygen atoms in total. The standard InChI is InChI=1S/C7H10F3NO3/c8-7(9,10)4-11-1-5(2-11)14-3-6(12)13/h5H,1-4H2,(H,12,13). The van der Waals surface area contributed by atoms with Crippen molar-refractivity contribution in [3.05, 3.63) is 0 Å². The number of carboxylic acid groups (broad SMARTS) is 1. The van der Waals surface area contributed by atoms with Gasteiger partial charge >= 0.3 is 12.1 Å². The van der Waals surface area contributed by atoms with E-state index in [0.29, 0.717) is 0 Å². The van der Waals surface area contributed by atoms with Crippen LogP contribution < -0.4 is 0 Å². The topological polar surface area (TPSA) is 49.8 Å². The van der Waals surface area contributed by atoms with Crippen molar-refractivity contribution in [1.29, 1.82) is 0 Å². The molecule has 0 aromatic heterocycles. The molecular formula is C7H10F3NO3. The monoisotopic (exact) mass is 213 g/mol. The van der Waals surface area contributed by atoms with Gasteiger partial charge in [0.15, 0.2) is 0 Å². The van der Waals surface area contributed by atoms with Gasteiger partial charge in [0.25, 0.3) is 0 Å². The Hall–Kier alpha value is -0.820. The van der Waals surface area contributed by atoms with Crippen LogP contribution in [0.3, 0.4) is 0 Å². The lowest BCUT2D eigenvalue weighted by molar-refractivity contribution is -0.174. The average molecular weight is 213 g/mol. The zero-order chi connectivity index (χ0) is 10.8. The van der Waals surface area contributed by atoms with Gasteiger partial charge in [-0.15, -0.1) is 0 Å². The molecule has 0 aromatic rings. The minimum Gasteiger partial charge on any atom is -0.480 e. The predicted molar refractivity (Wildman–Crippen MR) is 39.9 cm³/mol. The minimum atomic E-state index is -4.20. The maximum Gasteiger partial charge on any atom is 0.401 e. The van der Waals surface area contributed by atoms with E-state index < -0.39 is 25.3 Å². The molecule has 0 aromatic carbocycles. The van der Waals surface area contributed by atoms with Crippen LogP contribution in [0.4, 0.5) is 13.2 Å². The van der Waals surface area contributed by atoms with E-state index >= 15 is 0 Å². The molecule has 0 amide bonds. The fraction of sp³-hybridized carbons (Fsp3) is 0.857. The van der Waals surface area contributed by atoms with E-state index in [2.05, 4.69) is 0 Å². The Morgan fingerprint density at radius 1 is 1.50 bits per heavy atom. The summed E-state index contributed by atoms with van der Waals surface area (Å²) >= 11 is 0. The summed E-state index contributed by atoms with van der Waals surface area (Å²) in [6.45, 7) is -1.12. The first-order valence-electron chi connectivity index (χ1n) is 3.99. The van der Waals surface area contributed by atoms with E-state index in [9.17, 15) is 18.0 Å². The normalized spacial score (nSPS) is 19.4. The number of ether oxygens (including phenoxy) is 1. The van der Waals surface area contributed by atoms with Crippen molar-refractivity contribution in [1.82, 2.24) is 4.90 Å². The number of hydrogen-bond donors (Lipinski definition) is 1. The van der Waals surface area contributed by atoms with E-state index in [1.807, 2.05) is 0 Å². The predicted octanol–water partition coefficient (Wildman–Crippen LogP) is 0.334. The van der Waals surface area contributed by atoms with Crippen molar-refractivity contribution in [2.75, 3.05) is 26.2 Å². The van der Waals surface area contributed by atoms with Gasteiger partial charge in [-0.2, -0.15) is 13.2 Å². The molecule has 1 rings (SSSR count). The van der Waals surface area contributed by atoms with Crippen LogP contribution in [0, 0.1) is 0 Å². The number of alkyl halides is 3. The molecule has 0 spiro atoms. The van der Waals surface area contributed by atoms with E-state index in [-0.39, 0.29) is 19.2 Å².